The molecule has 1 aliphatic heterocycles. The van der Waals surface area contributed by atoms with E-state index in [0.29, 0.717) is 17.1 Å². The Kier molecular flexibility index (Phi) is 4.42. The van der Waals surface area contributed by atoms with Crippen LogP contribution in [0.25, 0.3) is 0 Å². The first-order chi connectivity index (χ1) is 11.4. The topological polar surface area (TPSA) is 84.5 Å². The van der Waals surface area contributed by atoms with Crippen molar-refractivity contribution < 1.29 is 17.9 Å². The number of sulfonamides is 1. The van der Waals surface area contributed by atoms with E-state index < -0.39 is 10.0 Å². The molecule has 8 heteroatoms. The number of carbonyl (C=O) groups is 1. The highest BCUT2D eigenvalue weighted by Crippen LogP contribution is 2.37. The molecule has 126 valence electrons. The molecule has 3 rings (SSSR count). The average Bonchev–Trinajstić information content (AvgIpc) is 2.56. The normalized spacial score (nSPS) is 16.9. The molecule has 0 spiro atoms. The Balaban J connectivity index is 1.87. The fourth-order valence-corrected chi connectivity index (χ4v) is 4.24. The molecular formula is C16H16N2O4S2. The molecule has 6 nitrogen and oxygen atoms in total. The lowest BCUT2D eigenvalue weighted by atomic mass is 10.3. The van der Waals surface area contributed by atoms with Crippen LogP contribution in [0.5, 0.6) is 5.75 Å². The lowest BCUT2D eigenvalue weighted by molar-refractivity contribution is -0.115. The molecule has 24 heavy (non-hydrogen) atoms. The van der Waals surface area contributed by atoms with E-state index in [2.05, 4.69) is 10.0 Å². The van der Waals surface area contributed by atoms with Gasteiger partial charge in [-0.1, -0.05) is 0 Å². The number of carbonyl (C=O) groups excluding carboxylic acids is 1. The Hall–Kier alpha value is -2.19. The standard InChI is InChI=1S/C16H16N2O4S2/c1-10-16(19)17-14-9-13(7-8-15(14)23-10)24(20,21)18-11-3-5-12(22-2)6-4-11/h3-10,18H,1-2H3,(H,17,19)/t10-/m1/s1. The lowest BCUT2D eigenvalue weighted by Gasteiger charge is -2.22. The maximum absolute atomic E-state index is 12.5. The molecule has 2 aromatic rings. The van der Waals surface area contributed by atoms with Gasteiger partial charge in [0.2, 0.25) is 5.91 Å². The summed E-state index contributed by atoms with van der Waals surface area (Å²) in [5.74, 6) is 0.505. The minimum atomic E-state index is -3.75. The van der Waals surface area contributed by atoms with Crippen molar-refractivity contribution in [2.45, 2.75) is 22.0 Å². The lowest BCUT2D eigenvalue weighted by Crippen LogP contribution is -2.26. The smallest absolute Gasteiger partial charge is 0.261 e. The highest BCUT2D eigenvalue weighted by atomic mass is 32.2. The van der Waals surface area contributed by atoms with Gasteiger partial charge < -0.3 is 10.1 Å². The first-order valence-corrected chi connectivity index (χ1v) is 9.54. The molecule has 0 bridgehead atoms. The minimum absolute atomic E-state index is 0.0903. The van der Waals surface area contributed by atoms with Crippen molar-refractivity contribution in [1.82, 2.24) is 0 Å². The van der Waals surface area contributed by atoms with Crippen molar-refractivity contribution in [2.75, 3.05) is 17.1 Å². The molecule has 2 aromatic carbocycles. The van der Waals surface area contributed by atoms with Crippen LogP contribution in [0.2, 0.25) is 0 Å². The summed E-state index contributed by atoms with van der Waals surface area (Å²) < 4.78 is 32.6. The van der Waals surface area contributed by atoms with Crippen LogP contribution in [-0.4, -0.2) is 26.7 Å². The molecule has 2 N–H and O–H groups in total. The second-order valence-electron chi connectivity index (χ2n) is 5.24. The quantitative estimate of drug-likeness (QED) is 0.871. The zero-order valence-corrected chi connectivity index (χ0v) is 14.7. The van der Waals surface area contributed by atoms with Crippen LogP contribution < -0.4 is 14.8 Å². The summed E-state index contributed by atoms with van der Waals surface area (Å²) in [5, 5.41) is 2.54. The number of anilines is 2. The van der Waals surface area contributed by atoms with Gasteiger partial charge in [-0.15, -0.1) is 11.8 Å². The number of hydrogen-bond donors (Lipinski definition) is 2. The van der Waals surface area contributed by atoms with E-state index in [9.17, 15) is 13.2 Å². The number of benzene rings is 2. The molecule has 1 amide bonds. The second kappa shape index (κ2) is 6.37. The van der Waals surface area contributed by atoms with E-state index >= 15 is 0 Å². The third kappa shape index (κ3) is 3.34. The SMILES string of the molecule is COc1ccc(NS(=O)(=O)c2ccc3c(c2)NC(=O)[C@@H](C)S3)cc1. The monoisotopic (exact) mass is 364 g/mol. The molecule has 0 aliphatic carbocycles. The molecule has 0 aromatic heterocycles. The molecule has 0 saturated carbocycles. The molecule has 0 saturated heterocycles. The molecular weight excluding hydrogens is 348 g/mol. The van der Waals surface area contributed by atoms with Crippen molar-refractivity contribution in [1.29, 1.82) is 0 Å². The van der Waals surface area contributed by atoms with Crippen LogP contribution in [0.4, 0.5) is 11.4 Å². The predicted molar refractivity (Wildman–Crippen MR) is 94.2 cm³/mol. The highest BCUT2D eigenvalue weighted by Gasteiger charge is 2.25. The van der Waals surface area contributed by atoms with Crippen LogP contribution in [-0.2, 0) is 14.8 Å². The van der Waals surface area contributed by atoms with Crippen molar-refractivity contribution in [3.05, 3.63) is 42.5 Å². The van der Waals surface area contributed by atoms with E-state index in [4.69, 9.17) is 4.74 Å². The first-order valence-electron chi connectivity index (χ1n) is 7.17. The molecule has 0 radical (unpaired) electrons. The molecule has 0 fully saturated rings. The number of ether oxygens (including phenoxy) is 1. The average molecular weight is 364 g/mol. The Morgan fingerprint density at radius 3 is 2.54 bits per heavy atom. The van der Waals surface area contributed by atoms with E-state index in [1.165, 1.54) is 23.9 Å². The van der Waals surface area contributed by atoms with Crippen LogP contribution in [0.15, 0.2) is 52.3 Å². The van der Waals surface area contributed by atoms with E-state index in [-0.39, 0.29) is 16.1 Å². The summed E-state index contributed by atoms with van der Waals surface area (Å²) in [5.41, 5.74) is 0.946. The zero-order valence-electron chi connectivity index (χ0n) is 13.1. The van der Waals surface area contributed by atoms with E-state index in [1.807, 2.05) is 0 Å². The molecule has 1 aliphatic rings. The van der Waals surface area contributed by atoms with E-state index in [0.717, 1.165) is 4.90 Å². The maximum Gasteiger partial charge on any atom is 0.261 e. The molecule has 1 heterocycles. The van der Waals surface area contributed by atoms with Gasteiger partial charge in [0.25, 0.3) is 10.0 Å². The summed E-state index contributed by atoms with van der Waals surface area (Å²) >= 11 is 1.41. The number of amides is 1. The molecule has 0 unspecified atom stereocenters. The number of thioether (sulfide) groups is 1. The summed E-state index contributed by atoms with van der Waals surface area (Å²) in [7, 11) is -2.21. The number of methoxy groups -OCH3 is 1. The summed E-state index contributed by atoms with van der Waals surface area (Å²) in [6.45, 7) is 1.80. The Bertz CT molecular complexity index is 879. The van der Waals surface area contributed by atoms with Crippen LogP contribution in [0, 0.1) is 0 Å². The Morgan fingerprint density at radius 2 is 1.88 bits per heavy atom. The predicted octanol–water partition coefficient (Wildman–Crippen LogP) is 2.93. The third-order valence-electron chi connectivity index (χ3n) is 3.53. The van der Waals surface area contributed by atoms with Crippen molar-refractivity contribution >= 4 is 39.1 Å². The zero-order chi connectivity index (χ0) is 17.3. The van der Waals surface area contributed by atoms with Crippen molar-refractivity contribution in [3.63, 3.8) is 0 Å². The van der Waals surface area contributed by atoms with Crippen molar-refractivity contribution in [2.24, 2.45) is 0 Å². The highest BCUT2D eigenvalue weighted by molar-refractivity contribution is 8.01. The summed E-state index contributed by atoms with van der Waals surface area (Å²) in [6, 6.07) is 11.3. The third-order valence-corrected chi connectivity index (χ3v) is 6.09. The fourth-order valence-electron chi connectivity index (χ4n) is 2.23. The van der Waals surface area contributed by atoms with Gasteiger partial charge >= 0.3 is 0 Å². The first kappa shape index (κ1) is 16.7. The number of nitrogens with one attached hydrogen (secondary N) is 2. The Morgan fingerprint density at radius 1 is 1.17 bits per heavy atom. The van der Waals surface area contributed by atoms with Gasteiger partial charge in [-0.2, -0.15) is 0 Å². The number of fused-ring (bicyclic) bond motifs is 1. The summed E-state index contributed by atoms with van der Waals surface area (Å²) in [6.07, 6.45) is 0. The number of rotatable bonds is 4. The van der Waals surface area contributed by atoms with Crippen LogP contribution in [0.3, 0.4) is 0 Å². The fraction of sp³-hybridized carbons (Fsp3) is 0.188. The van der Waals surface area contributed by atoms with Gasteiger partial charge in [0.1, 0.15) is 5.75 Å². The van der Waals surface area contributed by atoms with Gasteiger partial charge in [-0.05, 0) is 49.4 Å². The van der Waals surface area contributed by atoms with Crippen molar-refractivity contribution in [3.8, 4) is 5.75 Å². The molecule has 1 atom stereocenters. The number of hydrogen-bond acceptors (Lipinski definition) is 5. The van der Waals surface area contributed by atoms with Gasteiger partial charge in [0, 0.05) is 10.6 Å². The van der Waals surface area contributed by atoms with Gasteiger partial charge in [-0.25, -0.2) is 8.42 Å². The van der Waals surface area contributed by atoms with Crippen LogP contribution in [0.1, 0.15) is 6.92 Å². The second-order valence-corrected chi connectivity index (χ2v) is 8.31. The largest absolute Gasteiger partial charge is 0.497 e. The van der Waals surface area contributed by atoms with Gasteiger partial charge in [0.15, 0.2) is 0 Å². The minimum Gasteiger partial charge on any atom is -0.497 e. The summed E-state index contributed by atoms with van der Waals surface area (Å²) in [4.78, 5) is 12.7. The van der Waals surface area contributed by atoms with Gasteiger partial charge in [-0.3, -0.25) is 9.52 Å². The van der Waals surface area contributed by atoms with Crippen LogP contribution >= 0.6 is 11.8 Å². The van der Waals surface area contributed by atoms with Gasteiger partial charge in [0.05, 0.1) is 22.9 Å². The van der Waals surface area contributed by atoms with E-state index in [1.54, 1.807) is 44.4 Å². The maximum atomic E-state index is 12.5. The Labute approximate surface area is 144 Å².